The summed E-state index contributed by atoms with van der Waals surface area (Å²) < 4.78 is 9.88. The Hall–Kier alpha value is -3.33. The molecule has 0 unspecified atom stereocenters. The topological polar surface area (TPSA) is 92.3 Å². The molecule has 1 aromatic carbocycles. The van der Waals surface area contributed by atoms with Crippen LogP contribution < -0.4 is 5.32 Å². The lowest BCUT2D eigenvalue weighted by atomic mass is 10.1. The number of hydrogen-bond donors (Lipinski definition) is 1. The first kappa shape index (κ1) is 16.0. The van der Waals surface area contributed by atoms with E-state index in [1.807, 2.05) is 23.5 Å². The Bertz CT molecular complexity index is 753. The highest BCUT2D eigenvalue weighted by molar-refractivity contribution is 6.07. The first-order valence-electron chi connectivity index (χ1n) is 6.88. The normalized spacial score (nSPS) is 10.7. The third-order valence-electron chi connectivity index (χ3n) is 2.88. The van der Waals surface area contributed by atoms with E-state index in [1.54, 1.807) is 37.5 Å². The van der Waals surface area contributed by atoms with Gasteiger partial charge in [0.2, 0.25) is 0 Å². The molecule has 6 heteroatoms. The van der Waals surface area contributed by atoms with Gasteiger partial charge in [0.25, 0.3) is 5.91 Å². The summed E-state index contributed by atoms with van der Waals surface area (Å²) >= 11 is 0. The van der Waals surface area contributed by atoms with E-state index in [4.69, 9.17) is 9.68 Å². The van der Waals surface area contributed by atoms with Crippen LogP contribution >= 0.6 is 0 Å². The standard InChI is InChI=1S/C17H14N2O4/c1-2-22-17(21)19-16(20)14(11-18)10-12-5-7-13(8-6-12)15-4-3-9-23-15/h3-10H,2H2,1H3,(H,19,20,21). The number of imide groups is 1. The molecule has 2 rings (SSSR count). The summed E-state index contributed by atoms with van der Waals surface area (Å²) in [5.41, 5.74) is 1.33. The third-order valence-corrected chi connectivity index (χ3v) is 2.88. The summed E-state index contributed by atoms with van der Waals surface area (Å²) in [6.45, 7) is 1.75. The van der Waals surface area contributed by atoms with Gasteiger partial charge in [-0.3, -0.25) is 10.1 Å². The zero-order chi connectivity index (χ0) is 16.7. The molecule has 0 aliphatic carbocycles. The van der Waals surface area contributed by atoms with Crippen molar-refractivity contribution < 1.29 is 18.7 Å². The van der Waals surface area contributed by atoms with E-state index in [9.17, 15) is 9.59 Å². The van der Waals surface area contributed by atoms with E-state index < -0.39 is 12.0 Å². The van der Waals surface area contributed by atoms with E-state index in [0.29, 0.717) is 5.56 Å². The maximum atomic E-state index is 11.8. The molecule has 0 spiro atoms. The number of nitriles is 1. The van der Waals surface area contributed by atoms with E-state index in [1.165, 1.54) is 6.08 Å². The average Bonchev–Trinajstić information content (AvgIpc) is 3.07. The number of furan rings is 1. The lowest BCUT2D eigenvalue weighted by Gasteiger charge is -2.03. The van der Waals surface area contributed by atoms with Crippen molar-refractivity contribution >= 4 is 18.1 Å². The molecular formula is C17H14N2O4. The van der Waals surface area contributed by atoms with Crippen LogP contribution in [0.4, 0.5) is 4.79 Å². The quantitative estimate of drug-likeness (QED) is 0.692. The van der Waals surface area contributed by atoms with Crippen molar-refractivity contribution in [2.24, 2.45) is 0 Å². The minimum absolute atomic E-state index is 0.138. The zero-order valence-corrected chi connectivity index (χ0v) is 12.4. The minimum Gasteiger partial charge on any atom is -0.464 e. The van der Waals surface area contributed by atoms with Gasteiger partial charge < -0.3 is 9.15 Å². The molecule has 0 fully saturated rings. The van der Waals surface area contributed by atoms with Crippen molar-refractivity contribution in [3.63, 3.8) is 0 Å². The number of hydrogen-bond acceptors (Lipinski definition) is 5. The maximum Gasteiger partial charge on any atom is 0.414 e. The molecule has 0 aliphatic heterocycles. The second-order valence-electron chi connectivity index (χ2n) is 4.44. The molecule has 1 heterocycles. The highest BCUT2D eigenvalue weighted by Crippen LogP contribution is 2.20. The van der Waals surface area contributed by atoms with Gasteiger partial charge in [-0.2, -0.15) is 5.26 Å². The third kappa shape index (κ3) is 4.32. The van der Waals surface area contributed by atoms with Crippen molar-refractivity contribution in [2.75, 3.05) is 6.61 Å². The summed E-state index contributed by atoms with van der Waals surface area (Å²) in [5, 5.41) is 11.0. The Balaban J connectivity index is 2.13. The average molecular weight is 310 g/mol. The number of rotatable bonds is 4. The van der Waals surface area contributed by atoms with Crippen molar-refractivity contribution in [1.82, 2.24) is 5.32 Å². The molecule has 0 saturated carbocycles. The predicted molar refractivity (Wildman–Crippen MR) is 82.9 cm³/mol. The second kappa shape index (κ2) is 7.61. The molecule has 23 heavy (non-hydrogen) atoms. The van der Waals surface area contributed by atoms with Crippen LogP contribution in [0.25, 0.3) is 17.4 Å². The molecule has 1 N–H and O–H groups in total. The summed E-state index contributed by atoms with van der Waals surface area (Å²) in [4.78, 5) is 23.0. The SMILES string of the molecule is CCOC(=O)NC(=O)C(C#N)=Cc1ccc(-c2ccco2)cc1. The van der Waals surface area contributed by atoms with Crippen LogP contribution in [-0.2, 0) is 9.53 Å². The molecule has 2 amide bonds. The lowest BCUT2D eigenvalue weighted by molar-refractivity contribution is -0.116. The smallest absolute Gasteiger partial charge is 0.414 e. The first-order valence-corrected chi connectivity index (χ1v) is 6.88. The molecule has 0 saturated heterocycles. The number of benzene rings is 1. The van der Waals surface area contributed by atoms with Gasteiger partial charge in [0.1, 0.15) is 17.4 Å². The fraction of sp³-hybridized carbons (Fsp3) is 0.118. The second-order valence-corrected chi connectivity index (χ2v) is 4.44. The number of carbonyl (C=O) groups excluding carboxylic acids is 2. The number of nitrogens with zero attached hydrogens (tertiary/aromatic N) is 1. The van der Waals surface area contributed by atoms with Crippen LogP contribution in [0.15, 0.2) is 52.7 Å². The van der Waals surface area contributed by atoms with Gasteiger partial charge in [-0.15, -0.1) is 0 Å². The lowest BCUT2D eigenvalue weighted by Crippen LogP contribution is -2.31. The van der Waals surface area contributed by atoms with E-state index >= 15 is 0 Å². The number of carbonyl (C=O) groups is 2. The number of amides is 2. The Morgan fingerprint density at radius 2 is 2.04 bits per heavy atom. The fourth-order valence-corrected chi connectivity index (χ4v) is 1.83. The van der Waals surface area contributed by atoms with Crippen LogP contribution in [0.5, 0.6) is 0 Å². The van der Waals surface area contributed by atoms with Crippen molar-refractivity contribution in [3.8, 4) is 17.4 Å². The van der Waals surface area contributed by atoms with Gasteiger partial charge in [-0.05, 0) is 30.7 Å². The van der Waals surface area contributed by atoms with Gasteiger partial charge >= 0.3 is 6.09 Å². The van der Waals surface area contributed by atoms with Crippen LogP contribution in [0, 0.1) is 11.3 Å². The van der Waals surface area contributed by atoms with Gasteiger partial charge in [0.05, 0.1) is 12.9 Å². The monoisotopic (exact) mass is 310 g/mol. The van der Waals surface area contributed by atoms with Crippen LogP contribution in [-0.4, -0.2) is 18.6 Å². The predicted octanol–water partition coefficient (Wildman–Crippen LogP) is 3.13. The molecule has 1 aromatic heterocycles. The summed E-state index contributed by atoms with van der Waals surface area (Å²) in [7, 11) is 0. The zero-order valence-electron chi connectivity index (χ0n) is 12.4. The molecule has 6 nitrogen and oxygen atoms in total. The Morgan fingerprint density at radius 3 is 2.61 bits per heavy atom. The Labute approximate surface area is 133 Å². The van der Waals surface area contributed by atoms with Gasteiger partial charge in [0.15, 0.2) is 0 Å². The van der Waals surface area contributed by atoms with Crippen molar-refractivity contribution in [3.05, 3.63) is 53.8 Å². The largest absolute Gasteiger partial charge is 0.464 e. The van der Waals surface area contributed by atoms with Gasteiger partial charge in [-0.25, -0.2) is 4.79 Å². The molecule has 0 atom stereocenters. The van der Waals surface area contributed by atoms with Gasteiger partial charge in [-0.1, -0.05) is 24.3 Å². The molecule has 116 valence electrons. The molecular weight excluding hydrogens is 296 g/mol. The number of ether oxygens (including phenoxy) is 1. The molecule has 2 aromatic rings. The van der Waals surface area contributed by atoms with E-state index in [-0.39, 0.29) is 12.2 Å². The van der Waals surface area contributed by atoms with Crippen molar-refractivity contribution in [2.45, 2.75) is 6.92 Å². The summed E-state index contributed by atoms with van der Waals surface area (Å²) in [6, 6.07) is 12.5. The van der Waals surface area contributed by atoms with Gasteiger partial charge in [0, 0.05) is 5.56 Å². The highest BCUT2D eigenvalue weighted by Gasteiger charge is 2.13. The van der Waals surface area contributed by atoms with E-state index in [2.05, 4.69) is 4.74 Å². The van der Waals surface area contributed by atoms with Crippen molar-refractivity contribution in [1.29, 1.82) is 5.26 Å². The fourth-order valence-electron chi connectivity index (χ4n) is 1.83. The Morgan fingerprint density at radius 1 is 1.30 bits per heavy atom. The number of nitrogens with one attached hydrogen (secondary N) is 1. The highest BCUT2D eigenvalue weighted by atomic mass is 16.5. The number of alkyl carbamates (subject to hydrolysis) is 1. The maximum absolute atomic E-state index is 11.8. The first-order chi connectivity index (χ1) is 11.1. The minimum atomic E-state index is -0.883. The van der Waals surface area contributed by atoms with Crippen LogP contribution in [0.1, 0.15) is 12.5 Å². The summed E-state index contributed by atoms with van der Waals surface area (Å²) in [5.74, 6) is -0.0813. The summed E-state index contributed by atoms with van der Waals surface area (Å²) in [6.07, 6.45) is 2.09. The molecule has 0 aliphatic rings. The van der Waals surface area contributed by atoms with Crippen LogP contribution in [0.3, 0.4) is 0 Å². The molecule has 0 radical (unpaired) electrons. The van der Waals surface area contributed by atoms with E-state index in [0.717, 1.165) is 11.3 Å². The Kier molecular flexibility index (Phi) is 5.31. The van der Waals surface area contributed by atoms with Crippen LogP contribution in [0.2, 0.25) is 0 Å². The molecule has 0 bridgehead atoms.